The summed E-state index contributed by atoms with van der Waals surface area (Å²) in [6, 6.07) is 20.1. The van der Waals surface area contributed by atoms with Crippen molar-refractivity contribution in [2.45, 2.75) is 35.2 Å². The minimum atomic E-state index is -4.12. The maximum Gasteiger partial charge on any atom is 0.245 e. The molecule has 0 aromatic heterocycles. The van der Waals surface area contributed by atoms with Crippen LogP contribution in [0, 0.1) is 0 Å². The second kappa shape index (κ2) is 11.8. The zero-order valence-corrected chi connectivity index (χ0v) is 21.5. The molecule has 180 valence electrons. The number of thioether (sulfide) groups is 1. The molecule has 34 heavy (non-hydrogen) atoms. The number of halogens is 1. The molecule has 3 aromatic rings. The molecule has 2 N–H and O–H groups in total. The van der Waals surface area contributed by atoms with Crippen LogP contribution >= 0.6 is 23.4 Å². The van der Waals surface area contributed by atoms with Crippen LogP contribution in [0.2, 0.25) is 5.02 Å². The Balaban J connectivity index is 1.87. The zero-order chi connectivity index (χ0) is 24.7. The highest BCUT2D eigenvalue weighted by Gasteiger charge is 2.29. The van der Waals surface area contributed by atoms with Gasteiger partial charge in [-0.05, 0) is 61.1 Å². The second-order valence-electron chi connectivity index (χ2n) is 7.66. The molecule has 3 rings (SSSR count). The van der Waals surface area contributed by atoms with Crippen molar-refractivity contribution in [2.75, 3.05) is 13.4 Å². The summed E-state index contributed by atoms with van der Waals surface area (Å²) in [7, 11) is -2.75. The summed E-state index contributed by atoms with van der Waals surface area (Å²) in [4.78, 5) is 14.3. The minimum absolute atomic E-state index is 0.130. The lowest BCUT2D eigenvalue weighted by molar-refractivity contribution is -0.123. The Hall–Kier alpha value is -2.52. The lowest BCUT2D eigenvalue weighted by Crippen LogP contribution is -2.48. The summed E-state index contributed by atoms with van der Waals surface area (Å²) in [6.07, 6.45) is 2.17. The van der Waals surface area contributed by atoms with Gasteiger partial charge in [-0.15, -0.1) is 11.8 Å². The topological polar surface area (TPSA) is 84.5 Å². The average Bonchev–Trinajstić information content (AvgIpc) is 2.84. The average molecular weight is 519 g/mol. The molecule has 0 bridgehead atoms. The standard InChI is InChI=1S/C25H27ClN2O4S2/c1-17(19-9-12-21(33-3)13-10-19)27-25(29)22(15-18-7-5-4-6-8-18)28-34(30,31)24-16-20(26)11-14-23(24)32-2/h4-14,16-17,22,28H,15H2,1-3H3,(H,27,29)/t17-,22+/m1/s1. The zero-order valence-electron chi connectivity index (χ0n) is 19.1. The second-order valence-corrected chi connectivity index (χ2v) is 10.7. The molecule has 0 heterocycles. The van der Waals surface area contributed by atoms with Crippen molar-refractivity contribution in [3.8, 4) is 5.75 Å². The van der Waals surface area contributed by atoms with Gasteiger partial charge in [-0.3, -0.25) is 4.79 Å². The fourth-order valence-electron chi connectivity index (χ4n) is 3.44. The van der Waals surface area contributed by atoms with E-state index in [0.29, 0.717) is 0 Å². The molecule has 0 unspecified atom stereocenters. The number of sulfonamides is 1. The first kappa shape index (κ1) is 26.1. The van der Waals surface area contributed by atoms with Crippen LogP contribution in [-0.2, 0) is 21.2 Å². The Bertz CT molecular complexity index is 1220. The van der Waals surface area contributed by atoms with Crippen molar-refractivity contribution in [2.24, 2.45) is 0 Å². The van der Waals surface area contributed by atoms with Crippen molar-refractivity contribution in [3.63, 3.8) is 0 Å². The van der Waals surface area contributed by atoms with Crippen molar-refractivity contribution < 1.29 is 17.9 Å². The lowest BCUT2D eigenvalue weighted by Gasteiger charge is -2.22. The van der Waals surface area contributed by atoms with E-state index in [-0.39, 0.29) is 28.1 Å². The Morgan fingerprint density at radius 1 is 1.06 bits per heavy atom. The van der Waals surface area contributed by atoms with Gasteiger partial charge in [0, 0.05) is 9.92 Å². The third-order valence-corrected chi connectivity index (χ3v) is 7.76. The first-order chi connectivity index (χ1) is 16.2. The Labute approximate surface area is 210 Å². The number of carbonyl (C=O) groups is 1. The van der Waals surface area contributed by atoms with Gasteiger partial charge in [0.25, 0.3) is 0 Å². The smallest absolute Gasteiger partial charge is 0.245 e. The van der Waals surface area contributed by atoms with Crippen molar-refractivity contribution in [1.82, 2.24) is 10.0 Å². The SMILES string of the molecule is COc1ccc(Cl)cc1S(=O)(=O)N[C@@H](Cc1ccccc1)C(=O)N[C@H](C)c1ccc(SC)cc1. The van der Waals surface area contributed by atoms with E-state index in [1.165, 1.54) is 25.3 Å². The van der Waals surface area contributed by atoms with Gasteiger partial charge in [-0.25, -0.2) is 8.42 Å². The van der Waals surface area contributed by atoms with Gasteiger partial charge >= 0.3 is 0 Å². The van der Waals surface area contributed by atoms with E-state index in [0.717, 1.165) is 16.0 Å². The van der Waals surface area contributed by atoms with Crippen LogP contribution < -0.4 is 14.8 Å². The lowest BCUT2D eigenvalue weighted by atomic mass is 10.0. The van der Waals surface area contributed by atoms with Gasteiger partial charge in [0.05, 0.1) is 13.2 Å². The monoisotopic (exact) mass is 518 g/mol. The van der Waals surface area contributed by atoms with E-state index in [4.69, 9.17) is 16.3 Å². The Morgan fingerprint density at radius 2 is 1.74 bits per heavy atom. The predicted molar refractivity (Wildman–Crippen MR) is 137 cm³/mol. The quantitative estimate of drug-likeness (QED) is 0.375. The Kier molecular flexibility index (Phi) is 9.02. The fraction of sp³-hybridized carbons (Fsp3) is 0.240. The molecule has 6 nitrogen and oxygen atoms in total. The summed E-state index contributed by atoms with van der Waals surface area (Å²) in [5, 5.41) is 3.18. The van der Waals surface area contributed by atoms with Gasteiger partial charge in [0.1, 0.15) is 16.7 Å². The first-order valence-electron chi connectivity index (χ1n) is 10.6. The number of carbonyl (C=O) groups excluding carboxylic acids is 1. The van der Waals surface area contributed by atoms with Gasteiger partial charge in [0.2, 0.25) is 15.9 Å². The normalized spacial score (nSPS) is 13.2. The maximum atomic E-state index is 13.3. The number of methoxy groups -OCH3 is 1. The maximum absolute atomic E-state index is 13.3. The Morgan fingerprint density at radius 3 is 2.35 bits per heavy atom. The summed E-state index contributed by atoms with van der Waals surface area (Å²) >= 11 is 7.67. The third-order valence-electron chi connectivity index (χ3n) is 5.29. The number of benzene rings is 3. The van der Waals surface area contributed by atoms with E-state index in [9.17, 15) is 13.2 Å². The molecule has 3 aromatic carbocycles. The van der Waals surface area contributed by atoms with Gasteiger partial charge in [-0.1, -0.05) is 54.1 Å². The van der Waals surface area contributed by atoms with E-state index >= 15 is 0 Å². The highest BCUT2D eigenvalue weighted by molar-refractivity contribution is 7.98. The number of hydrogen-bond acceptors (Lipinski definition) is 5. The number of ether oxygens (including phenoxy) is 1. The van der Waals surface area contributed by atoms with Crippen molar-refractivity contribution in [3.05, 3.63) is 88.9 Å². The fourth-order valence-corrected chi connectivity index (χ4v) is 5.47. The molecule has 0 saturated heterocycles. The molecule has 0 radical (unpaired) electrons. The molecular formula is C25H27ClN2O4S2. The first-order valence-corrected chi connectivity index (χ1v) is 13.7. The molecule has 0 aliphatic rings. The molecule has 1 amide bonds. The molecule has 0 spiro atoms. The van der Waals surface area contributed by atoms with Crippen LogP contribution in [0.25, 0.3) is 0 Å². The van der Waals surface area contributed by atoms with Crippen molar-refractivity contribution in [1.29, 1.82) is 0 Å². The molecule has 0 fully saturated rings. The number of hydrogen-bond donors (Lipinski definition) is 2. The van der Waals surface area contributed by atoms with Crippen molar-refractivity contribution >= 4 is 39.3 Å². The van der Waals surface area contributed by atoms with Crippen LogP contribution in [0.3, 0.4) is 0 Å². The predicted octanol–water partition coefficient (Wildman–Crippen LogP) is 4.84. The molecule has 0 aliphatic carbocycles. The summed E-state index contributed by atoms with van der Waals surface area (Å²) in [6.45, 7) is 1.86. The molecule has 0 saturated carbocycles. The third kappa shape index (κ3) is 6.76. The number of nitrogens with one attached hydrogen (secondary N) is 2. The van der Waals surface area contributed by atoms with E-state index in [2.05, 4.69) is 10.0 Å². The van der Waals surface area contributed by atoms with E-state index in [1.54, 1.807) is 11.8 Å². The van der Waals surface area contributed by atoms with Crippen LogP contribution in [-0.4, -0.2) is 33.7 Å². The molecular weight excluding hydrogens is 492 g/mol. The minimum Gasteiger partial charge on any atom is -0.495 e. The highest BCUT2D eigenvalue weighted by Crippen LogP contribution is 2.27. The van der Waals surface area contributed by atoms with Crippen LogP contribution in [0.15, 0.2) is 82.6 Å². The molecule has 0 aliphatic heterocycles. The molecule has 2 atom stereocenters. The highest BCUT2D eigenvalue weighted by atomic mass is 35.5. The van der Waals surface area contributed by atoms with Crippen LogP contribution in [0.1, 0.15) is 24.1 Å². The van der Waals surface area contributed by atoms with Gasteiger partial charge < -0.3 is 10.1 Å². The van der Waals surface area contributed by atoms with Crippen LogP contribution in [0.5, 0.6) is 5.75 Å². The van der Waals surface area contributed by atoms with Crippen LogP contribution in [0.4, 0.5) is 0 Å². The number of rotatable bonds is 10. The van der Waals surface area contributed by atoms with E-state index in [1.807, 2.05) is 67.8 Å². The largest absolute Gasteiger partial charge is 0.495 e. The summed E-state index contributed by atoms with van der Waals surface area (Å²) in [5.41, 5.74) is 1.74. The van der Waals surface area contributed by atoms with E-state index < -0.39 is 22.0 Å². The van der Waals surface area contributed by atoms with Gasteiger partial charge in [-0.2, -0.15) is 4.72 Å². The summed E-state index contributed by atoms with van der Waals surface area (Å²) in [5.74, 6) is -0.298. The number of amides is 1. The van der Waals surface area contributed by atoms with Gasteiger partial charge in [0.15, 0.2) is 0 Å². The summed E-state index contributed by atoms with van der Waals surface area (Å²) < 4.78 is 34.3. The molecule has 9 heteroatoms.